The number of halogens is 3. The molecule has 0 amide bonds. The first kappa shape index (κ1) is 22.8. The van der Waals surface area contributed by atoms with Crippen molar-refractivity contribution < 1.29 is 23.1 Å². The van der Waals surface area contributed by atoms with Crippen molar-refractivity contribution in [2.75, 3.05) is 32.1 Å². The van der Waals surface area contributed by atoms with Crippen LogP contribution in [0.25, 0.3) is 16.6 Å². The highest BCUT2D eigenvalue weighted by atomic mass is 19.1. The van der Waals surface area contributed by atoms with Crippen LogP contribution in [-0.4, -0.2) is 53.8 Å². The van der Waals surface area contributed by atoms with Gasteiger partial charge >= 0.3 is 5.97 Å². The van der Waals surface area contributed by atoms with E-state index in [-0.39, 0.29) is 28.3 Å². The van der Waals surface area contributed by atoms with Crippen LogP contribution >= 0.6 is 0 Å². The van der Waals surface area contributed by atoms with E-state index in [4.69, 9.17) is 0 Å². The van der Waals surface area contributed by atoms with E-state index in [1.165, 1.54) is 6.07 Å². The molecular weight excluding hydrogens is 435 g/mol. The van der Waals surface area contributed by atoms with E-state index in [2.05, 4.69) is 11.8 Å². The summed E-state index contributed by atoms with van der Waals surface area (Å²) in [6, 6.07) is 5.55. The summed E-state index contributed by atoms with van der Waals surface area (Å²) in [4.78, 5) is 28.4. The third kappa shape index (κ3) is 4.08. The summed E-state index contributed by atoms with van der Waals surface area (Å²) in [6.07, 6.45) is 1.85. The fourth-order valence-electron chi connectivity index (χ4n) is 4.43. The Morgan fingerprint density at radius 2 is 1.82 bits per heavy atom. The molecule has 0 radical (unpaired) electrons. The number of rotatable bonds is 5. The lowest BCUT2D eigenvalue weighted by Crippen LogP contribution is -2.34. The van der Waals surface area contributed by atoms with Gasteiger partial charge in [-0.05, 0) is 57.6 Å². The van der Waals surface area contributed by atoms with E-state index in [1.54, 1.807) is 0 Å². The van der Waals surface area contributed by atoms with Crippen LogP contribution in [0.3, 0.4) is 0 Å². The van der Waals surface area contributed by atoms with Gasteiger partial charge < -0.3 is 19.5 Å². The van der Waals surface area contributed by atoms with E-state index >= 15 is 4.39 Å². The van der Waals surface area contributed by atoms with Crippen LogP contribution in [0.2, 0.25) is 0 Å². The smallest absolute Gasteiger partial charge is 0.341 e. The summed E-state index contributed by atoms with van der Waals surface area (Å²) in [5.41, 5.74) is -1.28. The highest BCUT2D eigenvalue weighted by Gasteiger charge is 2.30. The lowest BCUT2D eigenvalue weighted by molar-refractivity contribution is 0.0695. The number of nitrogens with zero attached hydrogens (tertiary/aromatic N) is 3. The van der Waals surface area contributed by atoms with Gasteiger partial charge in [0.15, 0.2) is 0 Å². The SMILES string of the molecule is CC(C1CCN(c2cc3c(cc2F)c(=O)c(C(=O)O)cn3-c2ccc(F)cc2F)C1)N(C)C. The lowest BCUT2D eigenvalue weighted by atomic mass is 10.00. The molecule has 4 rings (SSSR count). The predicted octanol–water partition coefficient (Wildman–Crippen LogP) is 3.88. The zero-order valence-electron chi connectivity index (χ0n) is 18.5. The molecule has 1 N–H and O–H groups in total. The maximum Gasteiger partial charge on any atom is 0.341 e. The number of anilines is 1. The van der Waals surface area contributed by atoms with Crippen molar-refractivity contribution in [2.24, 2.45) is 5.92 Å². The summed E-state index contributed by atoms with van der Waals surface area (Å²) in [7, 11) is 3.97. The third-order valence-corrected chi connectivity index (χ3v) is 6.53. The van der Waals surface area contributed by atoms with Gasteiger partial charge in [0, 0.05) is 36.8 Å². The van der Waals surface area contributed by atoms with Crippen LogP contribution in [0.15, 0.2) is 41.3 Å². The number of carboxylic acids is 1. The normalized spacial score (nSPS) is 17.2. The molecule has 0 saturated carbocycles. The van der Waals surface area contributed by atoms with Crippen LogP contribution in [0, 0.1) is 23.4 Å². The minimum atomic E-state index is -1.53. The van der Waals surface area contributed by atoms with Crippen molar-refractivity contribution >= 4 is 22.6 Å². The summed E-state index contributed by atoms with van der Waals surface area (Å²) in [5, 5.41) is 9.26. The predicted molar refractivity (Wildman–Crippen MR) is 120 cm³/mol. The topological polar surface area (TPSA) is 65.8 Å². The quantitative estimate of drug-likeness (QED) is 0.627. The van der Waals surface area contributed by atoms with E-state index in [9.17, 15) is 23.5 Å². The molecule has 0 spiro atoms. The zero-order valence-corrected chi connectivity index (χ0v) is 18.5. The van der Waals surface area contributed by atoms with Gasteiger partial charge in [0.05, 0.1) is 16.9 Å². The number of benzene rings is 2. The van der Waals surface area contributed by atoms with Crippen LogP contribution in [0.1, 0.15) is 23.7 Å². The average Bonchev–Trinajstić information content (AvgIpc) is 3.23. The molecule has 2 atom stereocenters. The van der Waals surface area contributed by atoms with Crippen molar-refractivity contribution in [1.29, 1.82) is 0 Å². The van der Waals surface area contributed by atoms with Gasteiger partial charge in [0.1, 0.15) is 23.0 Å². The molecule has 1 fully saturated rings. The number of carbonyl (C=O) groups is 1. The monoisotopic (exact) mass is 459 g/mol. The Morgan fingerprint density at radius 1 is 1.12 bits per heavy atom. The number of aromatic carboxylic acids is 1. The highest BCUT2D eigenvalue weighted by Crippen LogP contribution is 2.32. The van der Waals surface area contributed by atoms with E-state index in [0.29, 0.717) is 25.1 Å². The summed E-state index contributed by atoms with van der Waals surface area (Å²) < 4.78 is 44.4. The molecule has 0 bridgehead atoms. The number of hydrogen-bond donors (Lipinski definition) is 1. The first-order chi connectivity index (χ1) is 15.6. The van der Waals surface area contributed by atoms with E-state index in [0.717, 1.165) is 35.4 Å². The standard InChI is InChI=1S/C24H24F3N3O3/c1-13(28(2)3)14-6-7-29(11-14)22-10-21-16(9-19(22)27)23(31)17(24(32)33)12-30(21)20-5-4-15(25)8-18(20)26/h4-5,8-10,12-14H,6-7,11H2,1-3H3,(H,32,33). The number of fused-ring (bicyclic) bond motifs is 1. The van der Waals surface area contributed by atoms with Crippen molar-refractivity contribution in [3.63, 3.8) is 0 Å². The van der Waals surface area contributed by atoms with Crippen molar-refractivity contribution in [2.45, 2.75) is 19.4 Å². The molecule has 2 aromatic carbocycles. The number of carboxylic acid groups (broad SMARTS) is 1. The molecule has 2 unspecified atom stereocenters. The third-order valence-electron chi connectivity index (χ3n) is 6.53. The van der Waals surface area contributed by atoms with Crippen molar-refractivity contribution in [1.82, 2.24) is 9.47 Å². The second-order valence-electron chi connectivity index (χ2n) is 8.66. The highest BCUT2D eigenvalue weighted by molar-refractivity contribution is 5.94. The molecule has 6 nitrogen and oxygen atoms in total. The minimum absolute atomic E-state index is 0.135. The van der Waals surface area contributed by atoms with E-state index in [1.807, 2.05) is 19.0 Å². The zero-order chi connectivity index (χ0) is 24.0. The van der Waals surface area contributed by atoms with Gasteiger partial charge in [-0.25, -0.2) is 18.0 Å². The summed E-state index contributed by atoms with van der Waals surface area (Å²) in [5.74, 6) is -3.62. The first-order valence-electron chi connectivity index (χ1n) is 10.6. The van der Waals surface area contributed by atoms with Crippen LogP contribution < -0.4 is 10.3 Å². The number of aromatic nitrogens is 1. The van der Waals surface area contributed by atoms with Crippen LogP contribution in [-0.2, 0) is 0 Å². The van der Waals surface area contributed by atoms with Gasteiger partial charge in [0.25, 0.3) is 0 Å². The molecule has 1 saturated heterocycles. The molecule has 0 aliphatic carbocycles. The maximum atomic E-state index is 15.2. The van der Waals surface area contributed by atoms with Gasteiger partial charge in [-0.15, -0.1) is 0 Å². The molecule has 174 valence electrons. The van der Waals surface area contributed by atoms with E-state index < -0.39 is 34.4 Å². The Morgan fingerprint density at radius 3 is 2.45 bits per heavy atom. The largest absolute Gasteiger partial charge is 0.477 e. The van der Waals surface area contributed by atoms with Gasteiger partial charge in [-0.2, -0.15) is 0 Å². The second-order valence-corrected chi connectivity index (χ2v) is 8.66. The molecule has 1 aromatic heterocycles. The Labute approximate surface area is 188 Å². The Balaban J connectivity index is 1.91. The molecule has 1 aliphatic heterocycles. The number of pyridine rings is 1. The number of hydrogen-bond acceptors (Lipinski definition) is 4. The average molecular weight is 459 g/mol. The van der Waals surface area contributed by atoms with Gasteiger partial charge in [-0.3, -0.25) is 4.79 Å². The fraction of sp³-hybridized carbons (Fsp3) is 0.333. The minimum Gasteiger partial charge on any atom is -0.477 e. The fourth-order valence-corrected chi connectivity index (χ4v) is 4.43. The molecule has 3 aromatic rings. The summed E-state index contributed by atoms with van der Waals surface area (Å²) >= 11 is 0. The lowest BCUT2D eigenvalue weighted by Gasteiger charge is -2.27. The Kier molecular flexibility index (Phi) is 5.92. The maximum absolute atomic E-state index is 15.2. The van der Waals surface area contributed by atoms with Gasteiger partial charge in [-0.1, -0.05) is 0 Å². The van der Waals surface area contributed by atoms with Crippen LogP contribution in [0.4, 0.5) is 18.9 Å². The van der Waals surface area contributed by atoms with Gasteiger partial charge in [0.2, 0.25) is 5.43 Å². The van der Waals surface area contributed by atoms with Crippen LogP contribution in [0.5, 0.6) is 0 Å². The summed E-state index contributed by atoms with van der Waals surface area (Å²) in [6.45, 7) is 3.31. The molecule has 33 heavy (non-hydrogen) atoms. The molecule has 1 aliphatic rings. The Bertz CT molecular complexity index is 1310. The first-order valence-corrected chi connectivity index (χ1v) is 10.6. The molecular formula is C24H24F3N3O3. The Hall–Kier alpha value is -3.33. The molecule has 9 heteroatoms. The van der Waals surface area contributed by atoms with Crippen molar-refractivity contribution in [3.05, 3.63) is 69.8 Å². The second kappa shape index (κ2) is 8.55. The van der Waals surface area contributed by atoms with Crippen molar-refractivity contribution in [3.8, 4) is 5.69 Å². The molecule has 2 heterocycles.